The number of ether oxygens (including phenoxy) is 2. The van der Waals surface area contributed by atoms with Gasteiger partial charge in [-0.3, -0.25) is 0 Å². The largest absolute Gasteiger partial charge is 0.493 e. The van der Waals surface area contributed by atoms with Crippen LogP contribution in [0.3, 0.4) is 0 Å². The third-order valence-electron chi connectivity index (χ3n) is 3.75. The summed E-state index contributed by atoms with van der Waals surface area (Å²) >= 11 is 5.06. The van der Waals surface area contributed by atoms with Gasteiger partial charge in [0.05, 0.1) is 17.8 Å². The van der Waals surface area contributed by atoms with Crippen molar-refractivity contribution in [2.45, 2.75) is 18.7 Å². The summed E-state index contributed by atoms with van der Waals surface area (Å²) in [6.07, 6.45) is 3.68. The fourth-order valence-corrected chi connectivity index (χ4v) is 3.46. The lowest BCUT2D eigenvalue weighted by molar-refractivity contribution is 0.282. The van der Waals surface area contributed by atoms with Crippen LogP contribution in [0.1, 0.15) is 17.0 Å². The van der Waals surface area contributed by atoms with E-state index in [0.29, 0.717) is 18.1 Å². The lowest BCUT2D eigenvalue weighted by atomic mass is 10.2. The maximum Gasteiger partial charge on any atom is 0.211 e. The van der Waals surface area contributed by atoms with Crippen molar-refractivity contribution in [2.75, 3.05) is 13.4 Å². The van der Waals surface area contributed by atoms with E-state index >= 15 is 0 Å². The summed E-state index contributed by atoms with van der Waals surface area (Å²) in [7, 11) is 1.62. The monoisotopic (exact) mass is 446 g/mol. The summed E-state index contributed by atoms with van der Waals surface area (Å²) in [4.78, 5) is 0. The smallest absolute Gasteiger partial charge is 0.211 e. The highest BCUT2D eigenvalue weighted by Crippen LogP contribution is 2.36. The molecule has 0 saturated heterocycles. The first-order valence-electron chi connectivity index (χ1n) is 8.17. The number of thioether (sulfide) groups is 1. The van der Waals surface area contributed by atoms with E-state index in [0.717, 1.165) is 26.6 Å². The van der Waals surface area contributed by atoms with Crippen molar-refractivity contribution in [3.8, 4) is 11.5 Å². The number of halogens is 1. The van der Waals surface area contributed by atoms with Crippen molar-refractivity contribution < 1.29 is 9.47 Å². The second kappa shape index (κ2) is 9.05. The predicted octanol–water partition coefficient (Wildman–Crippen LogP) is 4.54. The Balaban J connectivity index is 1.83. The Bertz CT molecular complexity index is 944. The molecule has 6 nitrogen and oxygen atoms in total. The van der Waals surface area contributed by atoms with Gasteiger partial charge in [-0.2, -0.15) is 9.78 Å². The van der Waals surface area contributed by atoms with Gasteiger partial charge in [0.25, 0.3) is 0 Å². The topological polar surface area (TPSA) is 61.5 Å². The first-order valence-corrected chi connectivity index (χ1v) is 10.2. The summed E-state index contributed by atoms with van der Waals surface area (Å²) in [6, 6.07) is 13.8. The maximum atomic E-state index is 5.96. The van der Waals surface area contributed by atoms with Gasteiger partial charge in [0.15, 0.2) is 17.3 Å². The Hall–Kier alpha value is -2.32. The van der Waals surface area contributed by atoms with Gasteiger partial charge in [-0.05, 0) is 52.4 Å². The molecule has 0 unspecified atom stereocenters. The van der Waals surface area contributed by atoms with E-state index in [-0.39, 0.29) is 0 Å². The molecule has 3 aromatic rings. The van der Waals surface area contributed by atoms with Crippen LogP contribution in [0.25, 0.3) is 0 Å². The van der Waals surface area contributed by atoms with Gasteiger partial charge in [0.2, 0.25) is 5.16 Å². The number of methoxy groups -OCH3 is 1. The molecular formula is C19H19BrN4O2S. The molecule has 0 spiro atoms. The Morgan fingerprint density at radius 3 is 2.70 bits per heavy atom. The molecule has 1 heterocycles. The Kier molecular flexibility index (Phi) is 6.52. The number of hydrogen-bond donors (Lipinski definition) is 0. The van der Waals surface area contributed by atoms with E-state index in [1.807, 2.05) is 55.6 Å². The quantitative estimate of drug-likeness (QED) is 0.393. The van der Waals surface area contributed by atoms with Crippen molar-refractivity contribution in [2.24, 2.45) is 5.10 Å². The average Bonchev–Trinajstić information content (AvgIpc) is 3.05. The second-order valence-corrected chi connectivity index (χ2v) is 7.23. The minimum Gasteiger partial charge on any atom is -0.493 e. The standard InChI is InChI=1S/C19H19BrN4O2S/c1-13-22-23-19(27-3)24(13)21-11-15-9-16(20)18(17(10-15)25-2)26-12-14-7-5-4-6-8-14/h4-11H,12H2,1-3H3/b21-11-. The van der Waals surface area contributed by atoms with Crippen LogP contribution in [-0.2, 0) is 6.61 Å². The average molecular weight is 447 g/mol. The fraction of sp³-hybridized carbons (Fsp3) is 0.211. The van der Waals surface area contributed by atoms with E-state index in [9.17, 15) is 0 Å². The molecule has 2 aromatic carbocycles. The van der Waals surface area contributed by atoms with Crippen LogP contribution >= 0.6 is 27.7 Å². The maximum absolute atomic E-state index is 5.96. The van der Waals surface area contributed by atoms with Crippen molar-refractivity contribution >= 4 is 33.9 Å². The molecule has 0 bridgehead atoms. The number of rotatable bonds is 7. The summed E-state index contributed by atoms with van der Waals surface area (Å²) in [5.41, 5.74) is 1.95. The Morgan fingerprint density at radius 1 is 1.22 bits per heavy atom. The highest BCUT2D eigenvalue weighted by molar-refractivity contribution is 9.10. The van der Waals surface area contributed by atoms with Crippen LogP contribution in [0.2, 0.25) is 0 Å². The fourth-order valence-electron chi connectivity index (χ4n) is 2.41. The normalized spacial score (nSPS) is 11.1. The highest BCUT2D eigenvalue weighted by atomic mass is 79.9. The highest BCUT2D eigenvalue weighted by Gasteiger charge is 2.12. The molecule has 0 radical (unpaired) electrons. The minimum absolute atomic E-state index is 0.459. The minimum atomic E-state index is 0.459. The van der Waals surface area contributed by atoms with Crippen LogP contribution < -0.4 is 9.47 Å². The first-order chi connectivity index (χ1) is 13.1. The van der Waals surface area contributed by atoms with Gasteiger partial charge < -0.3 is 9.47 Å². The molecule has 1 aromatic heterocycles. The molecule has 0 saturated carbocycles. The summed E-state index contributed by atoms with van der Waals surface area (Å²) in [5.74, 6) is 2.01. The molecular weight excluding hydrogens is 428 g/mol. The van der Waals surface area contributed by atoms with Gasteiger partial charge in [0.1, 0.15) is 6.61 Å². The third-order valence-corrected chi connectivity index (χ3v) is 4.96. The summed E-state index contributed by atoms with van der Waals surface area (Å²) in [6.45, 7) is 2.32. The lowest BCUT2D eigenvalue weighted by Crippen LogP contribution is -2.00. The van der Waals surface area contributed by atoms with Crippen molar-refractivity contribution in [1.29, 1.82) is 0 Å². The third kappa shape index (κ3) is 4.70. The number of nitrogens with zero attached hydrogens (tertiary/aromatic N) is 4. The zero-order valence-corrected chi connectivity index (χ0v) is 17.6. The van der Waals surface area contributed by atoms with Crippen LogP contribution in [0.5, 0.6) is 11.5 Å². The molecule has 0 aliphatic rings. The number of aryl methyl sites for hydroxylation is 1. The summed E-state index contributed by atoms with van der Waals surface area (Å²) < 4.78 is 14.0. The Morgan fingerprint density at radius 2 is 2.00 bits per heavy atom. The van der Waals surface area contributed by atoms with Gasteiger partial charge in [-0.1, -0.05) is 42.1 Å². The van der Waals surface area contributed by atoms with Crippen LogP contribution in [-0.4, -0.2) is 34.5 Å². The molecule has 8 heteroatoms. The molecule has 0 N–H and O–H groups in total. The molecule has 3 rings (SSSR count). The number of hydrogen-bond acceptors (Lipinski definition) is 6. The Labute approximate surface area is 170 Å². The molecule has 0 aliphatic carbocycles. The number of aromatic nitrogens is 3. The molecule has 27 heavy (non-hydrogen) atoms. The number of benzene rings is 2. The summed E-state index contributed by atoms with van der Waals surface area (Å²) in [5, 5.41) is 13.3. The van der Waals surface area contributed by atoms with E-state index in [1.165, 1.54) is 11.8 Å². The van der Waals surface area contributed by atoms with Gasteiger partial charge in [-0.25, -0.2) is 0 Å². The van der Waals surface area contributed by atoms with Gasteiger partial charge in [-0.15, -0.1) is 10.2 Å². The van der Waals surface area contributed by atoms with Crippen LogP contribution in [0.15, 0.2) is 57.2 Å². The van der Waals surface area contributed by atoms with E-state index in [1.54, 1.807) is 18.0 Å². The molecule has 140 valence electrons. The zero-order valence-electron chi connectivity index (χ0n) is 15.2. The molecule has 0 amide bonds. The van der Waals surface area contributed by atoms with E-state index in [2.05, 4.69) is 31.2 Å². The SMILES string of the molecule is COc1cc(/C=N\n2c(C)nnc2SC)cc(Br)c1OCc1ccccc1. The van der Waals surface area contributed by atoms with Crippen molar-refractivity contribution in [3.63, 3.8) is 0 Å². The molecule has 0 aliphatic heterocycles. The molecule has 0 fully saturated rings. The van der Waals surface area contributed by atoms with Gasteiger partial charge >= 0.3 is 0 Å². The molecule has 0 atom stereocenters. The predicted molar refractivity (Wildman–Crippen MR) is 111 cm³/mol. The second-order valence-electron chi connectivity index (χ2n) is 5.60. The van der Waals surface area contributed by atoms with Crippen LogP contribution in [0, 0.1) is 6.92 Å². The zero-order chi connectivity index (χ0) is 19.2. The first kappa shape index (κ1) is 19.4. The van der Waals surface area contributed by atoms with Crippen molar-refractivity contribution in [3.05, 3.63) is 63.9 Å². The van der Waals surface area contributed by atoms with Gasteiger partial charge in [0, 0.05) is 0 Å². The lowest BCUT2D eigenvalue weighted by Gasteiger charge is -2.13. The van der Waals surface area contributed by atoms with E-state index in [4.69, 9.17) is 9.47 Å². The van der Waals surface area contributed by atoms with Crippen LogP contribution in [0.4, 0.5) is 0 Å². The van der Waals surface area contributed by atoms with Crippen molar-refractivity contribution in [1.82, 2.24) is 14.9 Å². The van der Waals surface area contributed by atoms with E-state index < -0.39 is 0 Å².